The number of ether oxygens (including phenoxy) is 2. The maximum Gasteiger partial charge on any atom is 0.162 e. The zero-order valence-electron chi connectivity index (χ0n) is 12.2. The van der Waals surface area contributed by atoms with Crippen LogP contribution in [-0.2, 0) is 0 Å². The quantitative estimate of drug-likeness (QED) is 0.875. The smallest absolute Gasteiger partial charge is 0.162 e. The van der Waals surface area contributed by atoms with Crippen molar-refractivity contribution >= 4 is 0 Å². The summed E-state index contributed by atoms with van der Waals surface area (Å²) in [4.78, 5) is 0. The second kappa shape index (κ2) is 7.37. The fourth-order valence-electron chi connectivity index (χ4n) is 1.84. The van der Waals surface area contributed by atoms with E-state index in [2.05, 4.69) is 11.8 Å². The molecule has 0 aliphatic heterocycles. The van der Waals surface area contributed by atoms with Crippen LogP contribution in [0.3, 0.4) is 0 Å². The fraction of sp³-hybridized carbons (Fsp3) is 0.222. The van der Waals surface area contributed by atoms with Crippen molar-refractivity contribution in [2.45, 2.75) is 13.0 Å². The van der Waals surface area contributed by atoms with Crippen LogP contribution in [0.1, 0.15) is 24.2 Å². The average Bonchev–Trinajstić information content (AvgIpc) is 2.52. The third-order valence-electron chi connectivity index (χ3n) is 2.98. The molecule has 2 rings (SSSR count). The Bertz CT molecular complexity index is 637. The molecule has 0 amide bonds. The topological polar surface area (TPSA) is 38.7 Å². The molecule has 1 atom stereocenters. The lowest BCUT2D eigenvalue weighted by Gasteiger charge is -2.11. The number of methoxy groups -OCH3 is 1. The predicted molar refractivity (Wildman–Crippen MR) is 82.4 cm³/mol. The van der Waals surface area contributed by atoms with Crippen LogP contribution in [0.4, 0.5) is 0 Å². The van der Waals surface area contributed by atoms with Gasteiger partial charge in [-0.3, -0.25) is 0 Å². The summed E-state index contributed by atoms with van der Waals surface area (Å²) < 4.78 is 10.9. The van der Waals surface area contributed by atoms with Gasteiger partial charge in [0, 0.05) is 5.56 Å². The molecule has 1 N–H and O–H groups in total. The van der Waals surface area contributed by atoms with Crippen LogP contribution in [-0.4, -0.2) is 18.8 Å². The maximum absolute atomic E-state index is 9.56. The number of aliphatic hydroxyl groups excluding tert-OH is 1. The highest BCUT2D eigenvalue weighted by Gasteiger charge is 2.08. The van der Waals surface area contributed by atoms with E-state index in [9.17, 15) is 5.11 Å². The maximum atomic E-state index is 9.56. The van der Waals surface area contributed by atoms with Gasteiger partial charge < -0.3 is 14.6 Å². The molecule has 0 saturated carbocycles. The molecule has 0 aliphatic carbocycles. The first-order valence-corrected chi connectivity index (χ1v) is 6.73. The lowest BCUT2D eigenvalue weighted by atomic mass is 10.1. The van der Waals surface area contributed by atoms with Gasteiger partial charge in [-0.15, -0.1) is 0 Å². The molecule has 2 aromatic rings. The number of benzene rings is 2. The summed E-state index contributed by atoms with van der Waals surface area (Å²) in [7, 11) is 1.57. The Morgan fingerprint density at radius 3 is 2.52 bits per heavy atom. The van der Waals surface area contributed by atoms with Gasteiger partial charge >= 0.3 is 0 Å². The summed E-state index contributed by atoms with van der Waals surface area (Å²) in [6, 6.07) is 15.1. The molecule has 0 bridgehead atoms. The van der Waals surface area contributed by atoms with Gasteiger partial charge in [0.05, 0.1) is 13.2 Å². The molecule has 3 nitrogen and oxygen atoms in total. The lowest BCUT2D eigenvalue weighted by molar-refractivity contribution is 0.198. The van der Waals surface area contributed by atoms with E-state index < -0.39 is 6.10 Å². The highest BCUT2D eigenvalue weighted by atomic mass is 16.5. The van der Waals surface area contributed by atoms with E-state index in [1.165, 1.54) is 0 Å². The standard InChI is InChI=1S/C18H18O3/c1-14(19)16-10-11-17(18(13-16)20-2)21-12-6-9-15-7-4-3-5-8-15/h3-5,7-8,10-11,13-14,19H,12H2,1-2H3/t14-/m1/s1. The van der Waals surface area contributed by atoms with Crippen LogP contribution in [0, 0.1) is 11.8 Å². The van der Waals surface area contributed by atoms with Gasteiger partial charge in [-0.25, -0.2) is 0 Å². The Kier molecular flexibility index (Phi) is 5.25. The van der Waals surface area contributed by atoms with E-state index >= 15 is 0 Å². The Labute approximate surface area is 125 Å². The first kappa shape index (κ1) is 15.0. The van der Waals surface area contributed by atoms with Crippen LogP contribution in [0.15, 0.2) is 48.5 Å². The zero-order chi connectivity index (χ0) is 15.1. The van der Waals surface area contributed by atoms with Gasteiger partial charge in [0.1, 0.15) is 6.61 Å². The molecule has 21 heavy (non-hydrogen) atoms. The Balaban J connectivity index is 2.02. The summed E-state index contributed by atoms with van der Waals surface area (Å²) in [6.07, 6.45) is -0.536. The summed E-state index contributed by atoms with van der Waals surface area (Å²) in [5.41, 5.74) is 1.74. The molecular weight excluding hydrogens is 264 g/mol. The number of hydrogen-bond acceptors (Lipinski definition) is 3. The largest absolute Gasteiger partial charge is 0.493 e. The molecule has 108 valence electrons. The monoisotopic (exact) mass is 282 g/mol. The zero-order valence-corrected chi connectivity index (χ0v) is 12.2. The van der Waals surface area contributed by atoms with Crippen LogP contribution in [0.2, 0.25) is 0 Å². The van der Waals surface area contributed by atoms with Gasteiger partial charge in [-0.05, 0) is 36.8 Å². The minimum Gasteiger partial charge on any atom is -0.493 e. The van der Waals surface area contributed by atoms with Gasteiger partial charge in [0.25, 0.3) is 0 Å². The minimum absolute atomic E-state index is 0.277. The normalized spacial score (nSPS) is 11.2. The summed E-state index contributed by atoms with van der Waals surface area (Å²) in [5, 5.41) is 9.56. The van der Waals surface area contributed by atoms with E-state index in [4.69, 9.17) is 9.47 Å². The van der Waals surface area contributed by atoms with Crippen LogP contribution in [0.5, 0.6) is 11.5 Å². The van der Waals surface area contributed by atoms with Gasteiger partial charge in [-0.2, -0.15) is 0 Å². The highest BCUT2D eigenvalue weighted by molar-refractivity contribution is 5.44. The Morgan fingerprint density at radius 2 is 1.86 bits per heavy atom. The minimum atomic E-state index is -0.536. The van der Waals surface area contributed by atoms with Crippen molar-refractivity contribution in [2.75, 3.05) is 13.7 Å². The molecule has 2 aromatic carbocycles. The molecule has 0 saturated heterocycles. The molecular formula is C18H18O3. The molecule has 0 radical (unpaired) electrons. The summed E-state index contributed by atoms with van der Waals surface area (Å²) in [5.74, 6) is 7.20. The summed E-state index contributed by atoms with van der Waals surface area (Å²) >= 11 is 0. The second-order valence-corrected chi connectivity index (χ2v) is 4.54. The van der Waals surface area contributed by atoms with Gasteiger partial charge in [-0.1, -0.05) is 36.1 Å². The molecule has 0 spiro atoms. The number of hydrogen-bond donors (Lipinski definition) is 1. The van der Waals surface area contributed by atoms with Crippen molar-refractivity contribution < 1.29 is 14.6 Å². The molecule has 0 heterocycles. The average molecular weight is 282 g/mol. The van der Waals surface area contributed by atoms with E-state index in [1.54, 1.807) is 26.2 Å². The first-order chi connectivity index (χ1) is 10.2. The van der Waals surface area contributed by atoms with Crippen molar-refractivity contribution in [2.24, 2.45) is 0 Å². The van der Waals surface area contributed by atoms with E-state index in [0.717, 1.165) is 11.1 Å². The van der Waals surface area contributed by atoms with Crippen LogP contribution in [0.25, 0.3) is 0 Å². The third kappa shape index (κ3) is 4.27. The van der Waals surface area contributed by atoms with Gasteiger partial charge in [0.15, 0.2) is 11.5 Å². The van der Waals surface area contributed by atoms with Crippen LogP contribution < -0.4 is 9.47 Å². The fourth-order valence-corrected chi connectivity index (χ4v) is 1.84. The Hall–Kier alpha value is -2.44. The molecule has 0 aromatic heterocycles. The van der Waals surface area contributed by atoms with Crippen molar-refractivity contribution in [1.82, 2.24) is 0 Å². The van der Waals surface area contributed by atoms with E-state index in [0.29, 0.717) is 11.5 Å². The van der Waals surface area contributed by atoms with Crippen molar-refractivity contribution in [3.05, 3.63) is 59.7 Å². The van der Waals surface area contributed by atoms with Crippen LogP contribution >= 0.6 is 0 Å². The first-order valence-electron chi connectivity index (χ1n) is 6.73. The van der Waals surface area contributed by atoms with Crippen molar-refractivity contribution in [1.29, 1.82) is 0 Å². The number of rotatable bonds is 4. The SMILES string of the molecule is COc1cc([C@@H](C)O)ccc1OCC#Cc1ccccc1. The molecule has 0 unspecified atom stereocenters. The molecule has 0 aliphatic rings. The van der Waals surface area contributed by atoms with E-state index in [-0.39, 0.29) is 6.61 Å². The van der Waals surface area contributed by atoms with Gasteiger partial charge in [0.2, 0.25) is 0 Å². The molecule has 3 heteroatoms. The number of aliphatic hydroxyl groups is 1. The summed E-state index contributed by atoms with van der Waals surface area (Å²) in [6.45, 7) is 1.99. The Morgan fingerprint density at radius 1 is 1.10 bits per heavy atom. The predicted octanol–water partition coefficient (Wildman–Crippen LogP) is 3.18. The lowest BCUT2D eigenvalue weighted by Crippen LogP contribution is -1.99. The highest BCUT2D eigenvalue weighted by Crippen LogP contribution is 2.30. The third-order valence-corrected chi connectivity index (χ3v) is 2.98. The second-order valence-electron chi connectivity index (χ2n) is 4.54. The molecule has 0 fully saturated rings. The van der Waals surface area contributed by atoms with Crippen molar-refractivity contribution in [3.8, 4) is 23.3 Å². The van der Waals surface area contributed by atoms with E-state index in [1.807, 2.05) is 36.4 Å². The van der Waals surface area contributed by atoms with Crippen molar-refractivity contribution in [3.63, 3.8) is 0 Å².